The quantitative estimate of drug-likeness (QED) is 0.392. The van der Waals surface area contributed by atoms with Gasteiger partial charge in [-0.3, -0.25) is 0 Å². The van der Waals surface area contributed by atoms with Crippen molar-refractivity contribution in [1.82, 2.24) is 9.55 Å². The molecule has 6 rings (SSSR count). The van der Waals surface area contributed by atoms with Crippen LogP contribution in [0, 0.1) is 5.92 Å². The van der Waals surface area contributed by atoms with Crippen LogP contribution in [0.4, 0.5) is 5.69 Å². The molecule has 2 aromatic heterocycles. The van der Waals surface area contributed by atoms with E-state index in [2.05, 4.69) is 48.0 Å². The highest BCUT2D eigenvalue weighted by Gasteiger charge is 2.47. The Labute approximate surface area is 185 Å². The second kappa shape index (κ2) is 6.24. The number of halogens is 1. The first-order chi connectivity index (χ1) is 14.9. The van der Waals surface area contributed by atoms with Gasteiger partial charge < -0.3 is 14.6 Å². The van der Waals surface area contributed by atoms with E-state index in [9.17, 15) is 4.79 Å². The second-order valence-corrected chi connectivity index (χ2v) is 9.48. The number of para-hydroxylation sites is 1. The maximum absolute atomic E-state index is 12.5. The van der Waals surface area contributed by atoms with E-state index >= 15 is 0 Å². The number of esters is 1. The number of hydrogen-bond donors (Lipinski definition) is 1. The molecule has 0 saturated heterocycles. The number of carbonyl (C=O) groups excluding carboxylic acids is 1. The molecule has 0 spiro atoms. The number of pyridine rings is 1. The van der Waals surface area contributed by atoms with Gasteiger partial charge in [0.1, 0.15) is 5.69 Å². The van der Waals surface area contributed by atoms with E-state index in [1.807, 2.05) is 24.3 Å². The first-order valence-electron chi connectivity index (χ1n) is 10.5. The molecular formula is C25H22ClN3O2. The summed E-state index contributed by atoms with van der Waals surface area (Å²) in [5, 5.41) is 6.63. The highest BCUT2D eigenvalue weighted by molar-refractivity contribution is 6.30. The Balaban J connectivity index is 1.68. The number of nitrogens with zero attached hydrogens (tertiary/aromatic N) is 2. The molecule has 6 heteroatoms. The van der Waals surface area contributed by atoms with Gasteiger partial charge in [0.15, 0.2) is 0 Å². The number of benzene rings is 2. The van der Waals surface area contributed by atoms with Crippen LogP contribution >= 0.6 is 11.6 Å². The number of anilines is 1. The highest BCUT2D eigenvalue weighted by Crippen LogP contribution is 2.53. The predicted molar refractivity (Wildman–Crippen MR) is 123 cm³/mol. The molecule has 0 aliphatic carbocycles. The van der Waals surface area contributed by atoms with Crippen LogP contribution in [-0.2, 0) is 16.7 Å². The minimum atomic E-state index is -0.417. The molecule has 31 heavy (non-hydrogen) atoms. The molecule has 0 bridgehead atoms. The number of ether oxygens (including phenoxy) is 1. The lowest BCUT2D eigenvalue weighted by atomic mass is 9.65. The van der Waals surface area contributed by atoms with E-state index in [0.29, 0.717) is 5.69 Å². The molecule has 0 saturated carbocycles. The lowest BCUT2D eigenvalue weighted by molar-refractivity contribution is 0.0593. The average Bonchev–Trinajstić information content (AvgIpc) is 3.09. The maximum atomic E-state index is 12.5. The lowest BCUT2D eigenvalue weighted by Gasteiger charge is -2.48. The van der Waals surface area contributed by atoms with Crippen molar-refractivity contribution in [2.45, 2.75) is 31.8 Å². The zero-order valence-corrected chi connectivity index (χ0v) is 18.3. The summed E-state index contributed by atoms with van der Waals surface area (Å²) in [6.45, 7) is 5.41. The van der Waals surface area contributed by atoms with Crippen LogP contribution in [0.15, 0.2) is 48.5 Å². The van der Waals surface area contributed by atoms with E-state index in [-0.39, 0.29) is 17.4 Å². The molecule has 4 heterocycles. The van der Waals surface area contributed by atoms with Crippen LogP contribution in [0.3, 0.4) is 0 Å². The van der Waals surface area contributed by atoms with Crippen molar-refractivity contribution < 1.29 is 9.53 Å². The number of nitrogens with one attached hydrogen (secondary N) is 1. The fraction of sp³-hybridized carbons (Fsp3) is 0.280. The van der Waals surface area contributed by atoms with Gasteiger partial charge in [0.2, 0.25) is 0 Å². The zero-order chi connectivity index (χ0) is 21.5. The van der Waals surface area contributed by atoms with E-state index in [0.717, 1.165) is 44.8 Å². The molecule has 0 fully saturated rings. The smallest absolute Gasteiger partial charge is 0.356 e. The predicted octanol–water partition coefficient (Wildman–Crippen LogP) is 5.70. The minimum absolute atomic E-state index is 0.0207. The minimum Gasteiger partial charge on any atom is -0.464 e. The van der Waals surface area contributed by atoms with E-state index in [4.69, 9.17) is 21.3 Å². The van der Waals surface area contributed by atoms with Gasteiger partial charge in [-0.2, -0.15) is 0 Å². The summed E-state index contributed by atoms with van der Waals surface area (Å²) in [6, 6.07) is 16.2. The lowest BCUT2D eigenvalue weighted by Crippen LogP contribution is -2.45. The Hall–Kier alpha value is -3.05. The summed E-state index contributed by atoms with van der Waals surface area (Å²) in [7, 11) is 1.40. The first-order valence-corrected chi connectivity index (χ1v) is 10.8. The number of carbonyl (C=O) groups is 1. The van der Waals surface area contributed by atoms with Crippen LogP contribution in [0.2, 0.25) is 5.02 Å². The molecule has 0 amide bonds. The van der Waals surface area contributed by atoms with Gasteiger partial charge in [-0.1, -0.05) is 43.6 Å². The Kier molecular flexibility index (Phi) is 3.76. The van der Waals surface area contributed by atoms with Crippen molar-refractivity contribution in [3.8, 4) is 0 Å². The molecule has 0 unspecified atom stereocenters. The summed E-state index contributed by atoms with van der Waals surface area (Å²) in [4.78, 5) is 17.3. The van der Waals surface area contributed by atoms with Gasteiger partial charge in [-0.15, -0.1) is 0 Å². The van der Waals surface area contributed by atoms with Crippen molar-refractivity contribution in [3.63, 3.8) is 0 Å². The van der Waals surface area contributed by atoms with E-state index in [1.165, 1.54) is 12.7 Å². The van der Waals surface area contributed by atoms with Gasteiger partial charge >= 0.3 is 5.97 Å². The summed E-state index contributed by atoms with van der Waals surface area (Å²) < 4.78 is 7.39. The molecule has 1 N–H and O–H groups in total. The average molecular weight is 432 g/mol. The van der Waals surface area contributed by atoms with E-state index in [1.54, 1.807) is 0 Å². The zero-order valence-electron chi connectivity index (χ0n) is 17.6. The Morgan fingerprint density at radius 2 is 2.00 bits per heavy atom. The second-order valence-electron chi connectivity index (χ2n) is 9.05. The summed E-state index contributed by atoms with van der Waals surface area (Å²) >= 11 is 6.36. The Morgan fingerprint density at radius 1 is 1.19 bits per heavy atom. The van der Waals surface area contributed by atoms with Crippen LogP contribution in [0.25, 0.3) is 21.8 Å². The molecule has 5 nitrogen and oxygen atoms in total. The van der Waals surface area contributed by atoms with Gasteiger partial charge in [0, 0.05) is 39.5 Å². The third-order valence-electron chi connectivity index (χ3n) is 7.16. The number of hydrogen-bond acceptors (Lipinski definition) is 4. The molecule has 2 aliphatic heterocycles. The number of rotatable bonds is 1. The number of aromatic nitrogens is 2. The third-order valence-corrected chi connectivity index (χ3v) is 7.39. The molecule has 4 aromatic rings. The molecule has 156 valence electrons. The summed E-state index contributed by atoms with van der Waals surface area (Å²) in [5.41, 5.74) is 5.63. The molecular weight excluding hydrogens is 410 g/mol. The van der Waals surface area contributed by atoms with Crippen LogP contribution in [-0.4, -0.2) is 22.6 Å². The Bertz CT molecular complexity index is 1410. The molecule has 2 aliphatic rings. The van der Waals surface area contributed by atoms with Gasteiger partial charge in [0.05, 0.1) is 24.4 Å². The van der Waals surface area contributed by atoms with Crippen molar-refractivity contribution in [3.05, 3.63) is 70.5 Å². The fourth-order valence-electron chi connectivity index (χ4n) is 5.57. The van der Waals surface area contributed by atoms with Crippen molar-refractivity contribution in [1.29, 1.82) is 0 Å². The molecule has 0 radical (unpaired) electrons. The van der Waals surface area contributed by atoms with Crippen molar-refractivity contribution in [2.75, 3.05) is 12.4 Å². The van der Waals surface area contributed by atoms with Crippen LogP contribution in [0.5, 0.6) is 0 Å². The number of fused-ring (bicyclic) bond motifs is 6. The maximum Gasteiger partial charge on any atom is 0.356 e. The fourth-order valence-corrected chi connectivity index (χ4v) is 5.74. The topological polar surface area (TPSA) is 56.2 Å². The SMILES string of the molecule is COC(=O)c1cc2c3ccccc3n3c2c(n1)[C@H]1Nc2ccc(Cl)cc2C(C)(C)[C@H]1C3. The van der Waals surface area contributed by atoms with Gasteiger partial charge in [-0.05, 0) is 41.3 Å². The summed E-state index contributed by atoms with van der Waals surface area (Å²) in [6.07, 6.45) is 0. The molecule has 2 aromatic carbocycles. The first kappa shape index (κ1) is 18.7. The van der Waals surface area contributed by atoms with Crippen molar-refractivity contribution in [2.24, 2.45) is 5.92 Å². The summed E-state index contributed by atoms with van der Waals surface area (Å²) in [5.74, 6) is -0.190. The third kappa shape index (κ3) is 2.44. The largest absolute Gasteiger partial charge is 0.464 e. The molecule has 2 atom stereocenters. The van der Waals surface area contributed by atoms with E-state index < -0.39 is 5.97 Å². The number of methoxy groups -OCH3 is 1. The Morgan fingerprint density at radius 3 is 2.81 bits per heavy atom. The highest BCUT2D eigenvalue weighted by atomic mass is 35.5. The van der Waals surface area contributed by atoms with Gasteiger partial charge in [-0.25, -0.2) is 9.78 Å². The van der Waals surface area contributed by atoms with Crippen LogP contribution in [0.1, 0.15) is 41.6 Å². The van der Waals surface area contributed by atoms with Crippen molar-refractivity contribution >= 4 is 45.1 Å². The van der Waals surface area contributed by atoms with Crippen LogP contribution < -0.4 is 5.32 Å². The standard InChI is InChI=1S/C25H22ClN3O2/c1-25(2)16-10-13(26)8-9-18(16)27-21-17(25)12-29-20-7-5-4-6-14(20)15-11-19(24(30)31-3)28-22(21)23(15)29/h4-11,17,21,27H,12H2,1-3H3/t17-,21-/m0/s1. The monoisotopic (exact) mass is 431 g/mol. The van der Waals surface area contributed by atoms with Gasteiger partial charge in [0.25, 0.3) is 0 Å². The normalized spacial score (nSPS) is 20.8.